The fourth-order valence-electron chi connectivity index (χ4n) is 4.62. The first-order chi connectivity index (χ1) is 16.6. The van der Waals surface area contributed by atoms with Gasteiger partial charge in [-0.1, -0.05) is 37.1 Å². The number of nitrogens with zero attached hydrogens (tertiary/aromatic N) is 1. The molecule has 188 valence electrons. The van der Waals surface area contributed by atoms with Crippen LogP contribution in [0.1, 0.15) is 41.7 Å². The zero-order valence-electron chi connectivity index (χ0n) is 19.5. The average Bonchev–Trinajstić information content (AvgIpc) is 3.21. The smallest absolute Gasteiger partial charge is 0.254 e. The number of nitrogens with one attached hydrogen (secondary N) is 1. The summed E-state index contributed by atoms with van der Waals surface area (Å²) in [6.07, 6.45) is 2.33. The third-order valence-corrected chi connectivity index (χ3v) is 8.11. The summed E-state index contributed by atoms with van der Waals surface area (Å²) in [5.41, 5.74) is 0.523. The van der Waals surface area contributed by atoms with E-state index in [0.29, 0.717) is 31.7 Å². The van der Waals surface area contributed by atoms with Crippen LogP contribution in [-0.4, -0.2) is 57.2 Å². The van der Waals surface area contributed by atoms with E-state index < -0.39 is 33.6 Å². The van der Waals surface area contributed by atoms with Crippen molar-refractivity contribution < 1.29 is 27.1 Å². The topological polar surface area (TPSA) is 92.8 Å². The van der Waals surface area contributed by atoms with Crippen molar-refractivity contribution in [3.05, 3.63) is 64.4 Å². The maximum Gasteiger partial charge on any atom is 0.254 e. The van der Waals surface area contributed by atoms with Crippen molar-refractivity contribution in [3.63, 3.8) is 0 Å². The first kappa shape index (κ1) is 25.6. The summed E-state index contributed by atoms with van der Waals surface area (Å²) in [7, 11) is -3.49. The van der Waals surface area contributed by atoms with Gasteiger partial charge in [-0.3, -0.25) is 9.59 Å². The van der Waals surface area contributed by atoms with Crippen molar-refractivity contribution in [1.29, 1.82) is 0 Å². The first-order valence-corrected chi connectivity index (χ1v) is 13.8. The molecule has 2 heterocycles. The highest BCUT2D eigenvalue weighted by atomic mass is 35.5. The van der Waals surface area contributed by atoms with Crippen LogP contribution >= 0.6 is 11.6 Å². The highest BCUT2D eigenvalue weighted by Crippen LogP contribution is 2.33. The van der Waals surface area contributed by atoms with Crippen molar-refractivity contribution in [2.45, 2.75) is 36.7 Å². The quantitative estimate of drug-likeness (QED) is 0.599. The number of ether oxygens (including phenoxy) is 1. The van der Waals surface area contributed by atoms with Crippen LogP contribution in [-0.2, 0) is 19.4 Å². The Morgan fingerprint density at radius 3 is 2.57 bits per heavy atom. The Kier molecular flexibility index (Phi) is 7.49. The minimum Gasteiger partial charge on any atom is -0.381 e. The molecule has 0 radical (unpaired) electrons. The number of carbonyl (C=O) groups excluding carboxylic acids is 2. The molecule has 1 unspecified atom stereocenters. The largest absolute Gasteiger partial charge is 0.381 e. The lowest BCUT2D eigenvalue weighted by atomic mass is 9.90. The van der Waals surface area contributed by atoms with E-state index in [2.05, 4.69) is 5.32 Å². The lowest BCUT2D eigenvalue weighted by molar-refractivity contribution is -0.128. The maximum atomic E-state index is 14.7. The minimum atomic E-state index is -3.49. The number of benzene rings is 2. The average molecular weight is 523 g/mol. The Hall–Kier alpha value is -2.49. The van der Waals surface area contributed by atoms with Gasteiger partial charge in [-0.05, 0) is 42.7 Å². The Bertz CT molecular complexity index is 1230. The standard InChI is InChI=1S/C25H28ClFN2O5S/c1-3-15-9-22(29(12-15)25(31)16-5-4-6-19(10-16)35(2,32)33)24(30)28-23(17-13-34-14-17)20-8-7-18(26)11-21(20)27/h4-8,10-11,15,17,22-23H,3,9,12-14H2,1-2H3,(H,28,30)/t15-,22-,23?/m1/s1. The van der Waals surface area contributed by atoms with Gasteiger partial charge in [0.2, 0.25) is 5.91 Å². The van der Waals surface area contributed by atoms with Gasteiger partial charge in [0.25, 0.3) is 5.91 Å². The van der Waals surface area contributed by atoms with Crippen molar-refractivity contribution >= 4 is 33.3 Å². The van der Waals surface area contributed by atoms with Crippen LogP contribution in [0.5, 0.6) is 0 Å². The third kappa shape index (κ3) is 5.52. The number of hydrogen-bond acceptors (Lipinski definition) is 5. The van der Waals surface area contributed by atoms with Gasteiger partial charge in [-0.25, -0.2) is 12.8 Å². The van der Waals surface area contributed by atoms with E-state index in [0.717, 1.165) is 12.7 Å². The summed E-state index contributed by atoms with van der Waals surface area (Å²) < 4.78 is 43.9. The molecule has 3 atom stereocenters. The highest BCUT2D eigenvalue weighted by Gasteiger charge is 2.41. The Morgan fingerprint density at radius 1 is 1.23 bits per heavy atom. The molecule has 2 saturated heterocycles. The van der Waals surface area contributed by atoms with Crippen molar-refractivity contribution in [3.8, 4) is 0 Å². The van der Waals surface area contributed by atoms with Crippen molar-refractivity contribution in [2.75, 3.05) is 26.0 Å². The van der Waals surface area contributed by atoms with Gasteiger partial charge >= 0.3 is 0 Å². The Labute approximate surface area is 209 Å². The summed E-state index contributed by atoms with van der Waals surface area (Å²) in [6.45, 7) is 3.14. The molecule has 2 aliphatic rings. The summed E-state index contributed by atoms with van der Waals surface area (Å²) in [4.78, 5) is 28.4. The fraction of sp³-hybridized carbons (Fsp3) is 0.440. The molecule has 2 aliphatic heterocycles. The number of rotatable bonds is 7. The number of likely N-dealkylation sites (tertiary alicyclic amines) is 1. The predicted molar refractivity (Wildman–Crippen MR) is 129 cm³/mol. The molecule has 2 amide bonds. The van der Waals surface area contributed by atoms with E-state index in [1.807, 2.05) is 6.92 Å². The second-order valence-corrected chi connectivity index (χ2v) is 11.7. The van der Waals surface area contributed by atoms with Gasteiger partial charge in [0.05, 0.1) is 24.2 Å². The first-order valence-electron chi connectivity index (χ1n) is 11.5. The van der Waals surface area contributed by atoms with Crippen LogP contribution in [0.3, 0.4) is 0 Å². The van der Waals surface area contributed by atoms with E-state index in [9.17, 15) is 22.4 Å². The third-order valence-electron chi connectivity index (χ3n) is 6.77. The zero-order valence-corrected chi connectivity index (χ0v) is 21.1. The number of amides is 2. The Balaban J connectivity index is 1.60. The molecular weight excluding hydrogens is 495 g/mol. The molecule has 0 saturated carbocycles. The van der Waals surface area contributed by atoms with Gasteiger partial charge in [-0.2, -0.15) is 0 Å². The van der Waals surface area contributed by atoms with Gasteiger partial charge in [0, 0.05) is 34.9 Å². The van der Waals surface area contributed by atoms with Gasteiger partial charge in [0.15, 0.2) is 9.84 Å². The molecule has 4 rings (SSSR count). The zero-order chi connectivity index (χ0) is 25.3. The normalized spacial score (nSPS) is 21.4. The molecule has 1 N–H and O–H groups in total. The molecule has 2 aromatic rings. The van der Waals surface area contributed by atoms with Crippen LogP contribution in [0.4, 0.5) is 4.39 Å². The summed E-state index contributed by atoms with van der Waals surface area (Å²) in [5.74, 6) is -1.29. The number of hydrogen-bond donors (Lipinski definition) is 1. The predicted octanol–water partition coefficient (Wildman–Crippen LogP) is 3.63. The molecular formula is C25H28ClFN2O5S. The van der Waals surface area contributed by atoms with E-state index in [1.165, 1.54) is 29.2 Å². The van der Waals surface area contributed by atoms with Crippen molar-refractivity contribution in [2.24, 2.45) is 11.8 Å². The lowest BCUT2D eigenvalue weighted by Gasteiger charge is -2.36. The van der Waals surface area contributed by atoms with Gasteiger partial charge in [-0.15, -0.1) is 0 Å². The van der Waals surface area contributed by atoms with E-state index in [4.69, 9.17) is 16.3 Å². The Morgan fingerprint density at radius 2 is 1.97 bits per heavy atom. The van der Waals surface area contributed by atoms with E-state index in [-0.39, 0.29) is 33.2 Å². The summed E-state index contributed by atoms with van der Waals surface area (Å²) >= 11 is 5.91. The molecule has 35 heavy (non-hydrogen) atoms. The molecule has 7 nitrogen and oxygen atoms in total. The molecule has 0 aromatic heterocycles. The van der Waals surface area contributed by atoms with Crippen molar-refractivity contribution in [1.82, 2.24) is 10.2 Å². The van der Waals surface area contributed by atoms with E-state index >= 15 is 0 Å². The van der Waals surface area contributed by atoms with Gasteiger partial charge in [0.1, 0.15) is 11.9 Å². The highest BCUT2D eigenvalue weighted by molar-refractivity contribution is 7.90. The number of carbonyl (C=O) groups is 2. The lowest BCUT2D eigenvalue weighted by Crippen LogP contribution is -2.50. The number of sulfone groups is 1. The molecule has 0 bridgehead atoms. The monoisotopic (exact) mass is 522 g/mol. The molecule has 2 aromatic carbocycles. The SMILES string of the molecule is CC[C@@H]1C[C@H](C(=O)NC(c2ccc(Cl)cc2F)C2COC2)N(C(=O)c2cccc(S(C)(=O)=O)c2)C1. The van der Waals surface area contributed by atoms with Crippen LogP contribution in [0.15, 0.2) is 47.4 Å². The summed E-state index contributed by atoms with van der Waals surface area (Å²) in [6, 6.07) is 8.79. The minimum absolute atomic E-state index is 0.0406. The molecule has 0 spiro atoms. The van der Waals surface area contributed by atoms with Crippen LogP contribution in [0.25, 0.3) is 0 Å². The fourth-order valence-corrected chi connectivity index (χ4v) is 5.44. The second-order valence-electron chi connectivity index (χ2n) is 9.23. The van der Waals surface area contributed by atoms with E-state index in [1.54, 1.807) is 18.2 Å². The molecule has 0 aliphatic carbocycles. The van der Waals surface area contributed by atoms with Crippen LogP contribution in [0, 0.1) is 17.7 Å². The van der Waals surface area contributed by atoms with Crippen LogP contribution in [0.2, 0.25) is 5.02 Å². The summed E-state index contributed by atoms with van der Waals surface area (Å²) in [5, 5.41) is 3.22. The maximum absolute atomic E-state index is 14.7. The van der Waals surface area contributed by atoms with Gasteiger partial charge < -0.3 is 15.0 Å². The number of halogens is 2. The van der Waals surface area contributed by atoms with Crippen LogP contribution < -0.4 is 5.32 Å². The molecule has 2 fully saturated rings. The second kappa shape index (κ2) is 10.2. The molecule has 10 heteroatoms.